The topological polar surface area (TPSA) is 66.4 Å². The van der Waals surface area contributed by atoms with Gasteiger partial charge >= 0.3 is 0 Å². The maximum absolute atomic E-state index is 11.3. The minimum absolute atomic E-state index is 0.00803. The second-order valence-corrected chi connectivity index (χ2v) is 5.15. The molecular formula is C16H29NO3. The Hall–Kier alpha value is -1.16. The highest BCUT2D eigenvalue weighted by atomic mass is 16.3. The van der Waals surface area contributed by atoms with Crippen molar-refractivity contribution >= 4 is 11.7 Å². The third kappa shape index (κ3) is 8.10. The molecule has 1 aliphatic rings. The highest BCUT2D eigenvalue weighted by molar-refractivity contribution is 5.95. The number of aliphatic hydroxyl groups is 1. The van der Waals surface area contributed by atoms with Crippen LogP contribution in [0, 0.1) is 0 Å². The fourth-order valence-corrected chi connectivity index (χ4v) is 2.02. The summed E-state index contributed by atoms with van der Waals surface area (Å²) in [5, 5.41) is 11.5. The number of amides is 1. The van der Waals surface area contributed by atoms with Crippen molar-refractivity contribution in [2.45, 2.75) is 78.4 Å². The zero-order valence-corrected chi connectivity index (χ0v) is 13.2. The lowest BCUT2D eigenvalue weighted by molar-refractivity contribution is -0.119. The van der Waals surface area contributed by atoms with Crippen molar-refractivity contribution < 1.29 is 14.7 Å². The Morgan fingerprint density at radius 3 is 2.25 bits per heavy atom. The first kappa shape index (κ1) is 18.8. The van der Waals surface area contributed by atoms with Crippen LogP contribution in [-0.2, 0) is 9.59 Å². The van der Waals surface area contributed by atoms with Crippen LogP contribution in [0.2, 0.25) is 0 Å². The maximum Gasteiger partial charge on any atom is 0.217 e. The molecule has 0 aliphatic heterocycles. The van der Waals surface area contributed by atoms with Crippen LogP contribution in [0.15, 0.2) is 11.6 Å². The molecule has 0 aromatic carbocycles. The molecule has 1 rings (SSSR count). The molecule has 0 saturated carbocycles. The molecule has 116 valence electrons. The van der Waals surface area contributed by atoms with E-state index in [4.69, 9.17) is 5.11 Å². The summed E-state index contributed by atoms with van der Waals surface area (Å²) in [6, 6.07) is 0.223. The second kappa shape index (κ2) is 10.6. The first-order valence-electron chi connectivity index (χ1n) is 7.61. The van der Waals surface area contributed by atoms with Crippen molar-refractivity contribution in [1.82, 2.24) is 5.32 Å². The molecule has 4 heteroatoms. The van der Waals surface area contributed by atoms with Gasteiger partial charge in [0.1, 0.15) is 0 Å². The Bertz CT molecular complexity index is 333. The minimum atomic E-state index is -0.0648. The number of Topliss-reactive ketones (excluding diaryl/α,β-unsaturated/α-hetero) is 1. The van der Waals surface area contributed by atoms with E-state index in [9.17, 15) is 9.59 Å². The van der Waals surface area contributed by atoms with Crippen LogP contribution in [0.1, 0.15) is 66.2 Å². The summed E-state index contributed by atoms with van der Waals surface area (Å²) in [6.45, 7) is 7.36. The van der Waals surface area contributed by atoms with Crippen LogP contribution in [0.3, 0.4) is 0 Å². The first-order valence-corrected chi connectivity index (χ1v) is 7.61. The number of nitrogens with one attached hydrogen (secondary N) is 1. The molecule has 20 heavy (non-hydrogen) atoms. The lowest BCUT2D eigenvalue weighted by Crippen LogP contribution is -2.34. The third-order valence-electron chi connectivity index (χ3n) is 3.44. The van der Waals surface area contributed by atoms with Gasteiger partial charge in [0, 0.05) is 19.4 Å². The predicted molar refractivity (Wildman–Crippen MR) is 81.4 cm³/mol. The van der Waals surface area contributed by atoms with Gasteiger partial charge in [-0.2, -0.15) is 0 Å². The van der Waals surface area contributed by atoms with Gasteiger partial charge in [-0.15, -0.1) is 0 Å². The molecule has 4 nitrogen and oxygen atoms in total. The largest absolute Gasteiger partial charge is 0.393 e. The third-order valence-corrected chi connectivity index (χ3v) is 3.44. The predicted octanol–water partition coefficient (Wildman–Crippen LogP) is 2.75. The van der Waals surface area contributed by atoms with E-state index >= 15 is 0 Å². The number of rotatable bonds is 5. The molecule has 0 aromatic heterocycles. The molecule has 0 spiro atoms. The molecule has 0 fully saturated rings. The molecule has 0 aromatic rings. The van der Waals surface area contributed by atoms with Crippen LogP contribution >= 0.6 is 0 Å². The van der Waals surface area contributed by atoms with Crippen LogP contribution in [-0.4, -0.2) is 28.9 Å². The van der Waals surface area contributed by atoms with Crippen LogP contribution in [0.25, 0.3) is 0 Å². The lowest BCUT2D eigenvalue weighted by Gasteiger charge is -2.21. The van der Waals surface area contributed by atoms with Crippen molar-refractivity contribution in [3.63, 3.8) is 0 Å². The molecule has 2 N–H and O–H groups in total. The molecular weight excluding hydrogens is 254 g/mol. The highest BCUT2D eigenvalue weighted by Gasteiger charge is 2.17. The summed E-state index contributed by atoms with van der Waals surface area (Å²) < 4.78 is 0. The van der Waals surface area contributed by atoms with E-state index in [0.717, 1.165) is 37.7 Å². The summed E-state index contributed by atoms with van der Waals surface area (Å²) in [6.07, 6.45) is 6.74. The number of aliphatic hydroxyl groups excluding tert-OH is 1. The summed E-state index contributed by atoms with van der Waals surface area (Å²) >= 11 is 0. The zero-order chi connectivity index (χ0) is 15.5. The van der Waals surface area contributed by atoms with E-state index < -0.39 is 0 Å². The summed E-state index contributed by atoms with van der Waals surface area (Å²) in [7, 11) is 0. The average Bonchev–Trinajstić information content (AvgIpc) is 2.46. The van der Waals surface area contributed by atoms with E-state index in [1.165, 1.54) is 6.92 Å². The Kier molecular flexibility index (Phi) is 9.99. The number of carbonyl (C=O) groups excluding carboxylic acids is 2. The van der Waals surface area contributed by atoms with Crippen molar-refractivity contribution in [3.8, 4) is 0 Å². The van der Waals surface area contributed by atoms with E-state index in [-0.39, 0.29) is 23.8 Å². The molecule has 0 bridgehead atoms. The first-order chi connectivity index (χ1) is 9.44. The van der Waals surface area contributed by atoms with E-state index in [0.29, 0.717) is 6.42 Å². The normalized spacial score (nSPS) is 17.9. The van der Waals surface area contributed by atoms with Crippen molar-refractivity contribution in [2.75, 3.05) is 0 Å². The number of allylic oxidation sites excluding steroid dienone is 1. The van der Waals surface area contributed by atoms with E-state index in [2.05, 4.69) is 5.32 Å². The average molecular weight is 283 g/mol. The fourth-order valence-electron chi connectivity index (χ4n) is 2.02. The monoisotopic (exact) mass is 283 g/mol. The maximum atomic E-state index is 11.3. The van der Waals surface area contributed by atoms with E-state index in [1.807, 2.05) is 26.8 Å². The Labute approximate surface area is 122 Å². The van der Waals surface area contributed by atoms with Crippen molar-refractivity contribution in [3.05, 3.63) is 11.6 Å². The molecule has 0 radical (unpaired) electrons. The SMILES string of the molecule is CCC(=O)C1=CC[C@H](NC(C)=O)CC1.CCC(O)CC. The summed E-state index contributed by atoms with van der Waals surface area (Å²) in [5.74, 6) is 0.250. The van der Waals surface area contributed by atoms with Crippen LogP contribution < -0.4 is 5.32 Å². The quantitative estimate of drug-likeness (QED) is 0.815. The second-order valence-electron chi connectivity index (χ2n) is 5.15. The molecule has 0 heterocycles. The Morgan fingerprint density at radius 1 is 1.35 bits per heavy atom. The van der Waals surface area contributed by atoms with Gasteiger partial charge in [-0.1, -0.05) is 26.8 Å². The number of carbonyl (C=O) groups is 2. The van der Waals surface area contributed by atoms with E-state index in [1.54, 1.807) is 0 Å². The summed E-state index contributed by atoms with van der Waals surface area (Å²) in [5.41, 5.74) is 0.939. The van der Waals surface area contributed by atoms with Gasteiger partial charge in [0.2, 0.25) is 5.91 Å². The Morgan fingerprint density at radius 2 is 1.95 bits per heavy atom. The number of hydrogen-bond donors (Lipinski definition) is 2. The molecule has 1 aliphatic carbocycles. The van der Waals surface area contributed by atoms with Gasteiger partial charge in [0.25, 0.3) is 0 Å². The van der Waals surface area contributed by atoms with Crippen molar-refractivity contribution in [1.29, 1.82) is 0 Å². The number of hydrogen-bond acceptors (Lipinski definition) is 3. The van der Waals surface area contributed by atoms with Gasteiger partial charge in [0.05, 0.1) is 6.10 Å². The van der Waals surface area contributed by atoms with Crippen LogP contribution in [0.4, 0.5) is 0 Å². The standard InChI is InChI=1S/C11H17NO2.C5H12O/c1-3-11(14)9-4-6-10(7-5-9)12-8(2)13;1-3-5(6)4-2/h4,10H,3,5-7H2,1-2H3,(H,12,13);5-6H,3-4H2,1-2H3/t10-;/m0./s1. The Balaban J connectivity index is 0.000000511. The highest BCUT2D eigenvalue weighted by Crippen LogP contribution is 2.19. The number of ketones is 1. The van der Waals surface area contributed by atoms with Gasteiger partial charge in [-0.3, -0.25) is 9.59 Å². The van der Waals surface area contributed by atoms with Gasteiger partial charge in [-0.05, 0) is 37.7 Å². The zero-order valence-electron chi connectivity index (χ0n) is 13.2. The van der Waals surface area contributed by atoms with Gasteiger partial charge in [-0.25, -0.2) is 0 Å². The van der Waals surface area contributed by atoms with Gasteiger partial charge < -0.3 is 10.4 Å². The molecule has 0 unspecified atom stereocenters. The molecule has 1 atom stereocenters. The minimum Gasteiger partial charge on any atom is -0.393 e. The van der Waals surface area contributed by atoms with Crippen molar-refractivity contribution in [2.24, 2.45) is 0 Å². The van der Waals surface area contributed by atoms with Crippen LogP contribution in [0.5, 0.6) is 0 Å². The molecule has 1 amide bonds. The van der Waals surface area contributed by atoms with Gasteiger partial charge in [0.15, 0.2) is 5.78 Å². The summed E-state index contributed by atoms with van der Waals surface area (Å²) in [4.78, 5) is 22.1. The molecule has 0 saturated heterocycles. The smallest absolute Gasteiger partial charge is 0.217 e. The fraction of sp³-hybridized carbons (Fsp3) is 0.750. The lowest BCUT2D eigenvalue weighted by atomic mass is 9.92.